The first-order valence-electron chi connectivity index (χ1n) is 8.70. The van der Waals surface area contributed by atoms with Crippen molar-refractivity contribution in [1.29, 1.82) is 0 Å². The maximum atomic E-state index is 13.2. The van der Waals surface area contributed by atoms with E-state index in [2.05, 4.69) is 0 Å². The first-order chi connectivity index (χ1) is 11.9. The molecule has 1 aromatic carbocycles. The average Bonchev–Trinajstić information content (AvgIpc) is 2.90. The minimum absolute atomic E-state index is 0.00386. The first-order valence-corrected chi connectivity index (χ1v) is 9.08. The molecule has 140 valence electrons. The van der Waals surface area contributed by atoms with E-state index in [0.29, 0.717) is 32.0 Å². The Bertz CT molecular complexity index is 596. The van der Waals surface area contributed by atoms with Crippen molar-refractivity contribution in [3.05, 3.63) is 29.0 Å². The van der Waals surface area contributed by atoms with Gasteiger partial charge in [0, 0.05) is 25.7 Å². The summed E-state index contributed by atoms with van der Waals surface area (Å²) in [4.78, 5) is 2.04. The molecule has 5 nitrogen and oxygen atoms in total. The van der Waals surface area contributed by atoms with Crippen LogP contribution in [0, 0.1) is 5.82 Å². The van der Waals surface area contributed by atoms with E-state index in [0.717, 1.165) is 25.7 Å². The largest absolute Gasteiger partial charge is 0.490 e. The fraction of sp³-hybridized carbons (Fsp3) is 0.667. The molecule has 2 N–H and O–H groups in total. The van der Waals surface area contributed by atoms with Crippen LogP contribution in [0.2, 0.25) is 5.02 Å². The van der Waals surface area contributed by atoms with E-state index in [1.807, 2.05) is 4.90 Å². The van der Waals surface area contributed by atoms with Crippen LogP contribution in [0.4, 0.5) is 4.39 Å². The normalized spacial score (nSPS) is 27.2. The van der Waals surface area contributed by atoms with Crippen LogP contribution in [0.15, 0.2) is 18.2 Å². The highest BCUT2D eigenvalue weighted by atomic mass is 35.5. The van der Waals surface area contributed by atoms with Crippen molar-refractivity contribution in [2.75, 3.05) is 39.5 Å². The van der Waals surface area contributed by atoms with Gasteiger partial charge in [0.05, 0.1) is 23.8 Å². The molecule has 25 heavy (non-hydrogen) atoms. The van der Waals surface area contributed by atoms with Gasteiger partial charge in [-0.3, -0.25) is 4.90 Å². The molecule has 1 aliphatic heterocycles. The summed E-state index contributed by atoms with van der Waals surface area (Å²) in [5, 5.41) is 21.5. The number of nitrogens with zero attached hydrogens (tertiary/aromatic N) is 1. The summed E-state index contributed by atoms with van der Waals surface area (Å²) < 4.78 is 24.4. The number of hydrogen-bond acceptors (Lipinski definition) is 5. The maximum absolute atomic E-state index is 13.2. The molecule has 1 aromatic rings. The summed E-state index contributed by atoms with van der Waals surface area (Å²) in [6.07, 6.45) is 3.68. The molecule has 0 bridgehead atoms. The molecule has 1 heterocycles. The Morgan fingerprint density at radius 2 is 2.00 bits per heavy atom. The Labute approximate surface area is 152 Å². The lowest BCUT2D eigenvalue weighted by molar-refractivity contribution is -0.0712. The Kier molecular flexibility index (Phi) is 5.85. The summed E-state index contributed by atoms with van der Waals surface area (Å²) in [5.41, 5.74) is -1.87. The van der Waals surface area contributed by atoms with Gasteiger partial charge < -0.3 is 19.7 Å². The summed E-state index contributed by atoms with van der Waals surface area (Å²) in [5.74, 6) is -0.119. The van der Waals surface area contributed by atoms with Crippen molar-refractivity contribution in [2.24, 2.45) is 0 Å². The number of halogens is 2. The van der Waals surface area contributed by atoms with Gasteiger partial charge in [-0.1, -0.05) is 24.4 Å². The van der Waals surface area contributed by atoms with Gasteiger partial charge in [-0.05, 0) is 25.0 Å². The molecule has 1 saturated carbocycles. The molecule has 1 atom stereocenters. The molecule has 3 rings (SSSR count). The highest BCUT2D eigenvalue weighted by molar-refractivity contribution is 6.30. The van der Waals surface area contributed by atoms with Crippen molar-refractivity contribution in [3.63, 3.8) is 0 Å². The van der Waals surface area contributed by atoms with Crippen LogP contribution in [-0.4, -0.2) is 65.8 Å². The van der Waals surface area contributed by atoms with Crippen molar-refractivity contribution >= 4 is 11.6 Å². The van der Waals surface area contributed by atoms with E-state index in [1.54, 1.807) is 0 Å². The minimum atomic E-state index is -1.20. The Hall–Kier alpha value is -0.920. The van der Waals surface area contributed by atoms with Crippen LogP contribution in [-0.2, 0) is 4.74 Å². The SMILES string of the molecule is OC1(CN2CCOC[C@@](O)(COc3ccc(F)c(Cl)c3)C2)CCCC1. The number of β-amino-alcohol motifs (C(OH)–C–C–N with tert-alkyl or cyclic N) is 2. The van der Waals surface area contributed by atoms with Gasteiger partial charge in [-0.2, -0.15) is 0 Å². The predicted octanol–water partition coefficient (Wildman–Crippen LogP) is 2.23. The van der Waals surface area contributed by atoms with Crippen LogP contribution in [0.5, 0.6) is 5.75 Å². The Morgan fingerprint density at radius 3 is 2.72 bits per heavy atom. The quantitative estimate of drug-likeness (QED) is 0.828. The van der Waals surface area contributed by atoms with Crippen molar-refractivity contribution < 1.29 is 24.1 Å². The molecule has 2 fully saturated rings. The predicted molar refractivity (Wildman–Crippen MR) is 92.5 cm³/mol. The number of aliphatic hydroxyl groups is 2. The summed E-state index contributed by atoms with van der Waals surface area (Å²) in [6, 6.07) is 4.09. The van der Waals surface area contributed by atoms with E-state index in [-0.39, 0.29) is 18.2 Å². The molecule has 0 aromatic heterocycles. The fourth-order valence-corrected chi connectivity index (χ4v) is 3.78. The maximum Gasteiger partial charge on any atom is 0.142 e. The number of hydrogen-bond donors (Lipinski definition) is 2. The zero-order valence-electron chi connectivity index (χ0n) is 14.2. The van der Waals surface area contributed by atoms with E-state index in [1.165, 1.54) is 18.2 Å². The molecular weight excluding hydrogens is 349 g/mol. The Balaban J connectivity index is 1.61. The standard InChI is InChI=1S/C18H25ClFNO4/c19-15-9-14(3-4-16(15)20)25-13-18(23)11-21(7-8-24-12-18)10-17(22)5-1-2-6-17/h3-4,9,22-23H,1-2,5-8,10-13H2/t18-/m1/s1. The topological polar surface area (TPSA) is 62.2 Å². The van der Waals surface area contributed by atoms with Gasteiger partial charge in [-0.25, -0.2) is 4.39 Å². The van der Waals surface area contributed by atoms with Crippen molar-refractivity contribution in [2.45, 2.75) is 36.9 Å². The molecule has 0 unspecified atom stereocenters. The number of rotatable bonds is 5. The third-order valence-corrected chi connectivity index (χ3v) is 5.18. The first kappa shape index (κ1) is 18.9. The second-order valence-corrected chi connectivity index (χ2v) is 7.69. The zero-order valence-corrected chi connectivity index (χ0v) is 15.0. The van der Waals surface area contributed by atoms with Crippen molar-refractivity contribution in [1.82, 2.24) is 4.90 Å². The summed E-state index contributed by atoms with van der Waals surface area (Å²) in [6.45, 7) is 2.19. The van der Waals surface area contributed by atoms with E-state index in [4.69, 9.17) is 21.1 Å². The molecule has 1 saturated heterocycles. The molecule has 0 spiro atoms. The van der Waals surface area contributed by atoms with E-state index in [9.17, 15) is 14.6 Å². The lowest BCUT2D eigenvalue weighted by Crippen LogP contribution is -2.52. The zero-order chi connectivity index (χ0) is 17.9. The van der Waals surface area contributed by atoms with E-state index < -0.39 is 17.0 Å². The van der Waals surface area contributed by atoms with E-state index >= 15 is 0 Å². The molecule has 0 radical (unpaired) electrons. The van der Waals surface area contributed by atoms with Gasteiger partial charge in [0.15, 0.2) is 0 Å². The van der Waals surface area contributed by atoms with Crippen LogP contribution < -0.4 is 4.74 Å². The van der Waals surface area contributed by atoms with Gasteiger partial charge in [0.2, 0.25) is 0 Å². The Morgan fingerprint density at radius 1 is 1.24 bits per heavy atom. The smallest absolute Gasteiger partial charge is 0.142 e. The molecular formula is C18H25ClFNO4. The third-order valence-electron chi connectivity index (χ3n) is 4.89. The highest BCUT2D eigenvalue weighted by Crippen LogP contribution is 2.31. The molecule has 7 heteroatoms. The average molecular weight is 374 g/mol. The third kappa shape index (κ3) is 5.05. The monoisotopic (exact) mass is 373 g/mol. The minimum Gasteiger partial charge on any atom is -0.490 e. The fourth-order valence-electron chi connectivity index (χ4n) is 3.61. The lowest BCUT2D eigenvalue weighted by atomic mass is 10.00. The lowest BCUT2D eigenvalue weighted by Gasteiger charge is -2.34. The molecule has 1 aliphatic carbocycles. The van der Waals surface area contributed by atoms with Gasteiger partial charge >= 0.3 is 0 Å². The van der Waals surface area contributed by atoms with Gasteiger partial charge in [0.25, 0.3) is 0 Å². The summed E-state index contributed by atoms with van der Waals surface area (Å²) in [7, 11) is 0. The second kappa shape index (κ2) is 7.76. The number of ether oxygens (including phenoxy) is 2. The molecule has 2 aliphatic rings. The van der Waals surface area contributed by atoms with Crippen LogP contribution in [0.25, 0.3) is 0 Å². The number of benzene rings is 1. The van der Waals surface area contributed by atoms with Crippen LogP contribution in [0.3, 0.4) is 0 Å². The van der Waals surface area contributed by atoms with Gasteiger partial charge in [-0.15, -0.1) is 0 Å². The summed E-state index contributed by atoms with van der Waals surface area (Å²) >= 11 is 5.75. The highest BCUT2D eigenvalue weighted by Gasteiger charge is 2.38. The van der Waals surface area contributed by atoms with Gasteiger partial charge in [0.1, 0.15) is 23.8 Å². The second-order valence-electron chi connectivity index (χ2n) is 7.28. The van der Waals surface area contributed by atoms with Crippen LogP contribution >= 0.6 is 11.6 Å². The van der Waals surface area contributed by atoms with Crippen LogP contribution in [0.1, 0.15) is 25.7 Å². The van der Waals surface area contributed by atoms with Crippen molar-refractivity contribution in [3.8, 4) is 5.75 Å². The molecule has 0 amide bonds.